The Morgan fingerprint density at radius 2 is 2.00 bits per heavy atom. The van der Waals surface area contributed by atoms with E-state index in [1.165, 1.54) is 37.7 Å². The maximum atomic E-state index is 6.36. The summed E-state index contributed by atoms with van der Waals surface area (Å²) in [4.78, 5) is 0. The first-order valence-electron chi connectivity index (χ1n) is 7.75. The van der Waals surface area contributed by atoms with Gasteiger partial charge in [-0.15, -0.1) is 0 Å². The van der Waals surface area contributed by atoms with Crippen LogP contribution in [0.15, 0.2) is 22.7 Å². The van der Waals surface area contributed by atoms with Crippen LogP contribution in [0, 0.1) is 11.8 Å². The first-order valence-corrected chi connectivity index (χ1v) is 8.92. The van der Waals surface area contributed by atoms with Gasteiger partial charge in [-0.1, -0.05) is 59.8 Å². The molecule has 2 rings (SSSR count). The zero-order chi connectivity index (χ0) is 14.5. The van der Waals surface area contributed by atoms with Gasteiger partial charge in [-0.2, -0.15) is 0 Å². The average Bonchev–Trinajstić information content (AvgIpc) is 2.47. The summed E-state index contributed by atoms with van der Waals surface area (Å²) in [6, 6.07) is 6.78. The molecule has 20 heavy (non-hydrogen) atoms. The number of halogens is 2. The van der Waals surface area contributed by atoms with E-state index in [-0.39, 0.29) is 0 Å². The summed E-state index contributed by atoms with van der Waals surface area (Å²) in [7, 11) is 2.09. The average molecular weight is 359 g/mol. The molecule has 1 unspecified atom stereocenters. The fourth-order valence-corrected chi connectivity index (χ4v) is 4.18. The fraction of sp³-hybridized carbons (Fsp3) is 0.647. The Morgan fingerprint density at radius 1 is 1.30 bits per heavy atom. The molecule has 0 spiro atoms. The molecule has 0 heterocycles. The Morgan fingerprint density at radius 3 is 2.55 bits per heavy atom. The third-order valence-corrected chi connectivity index (χ3v) is 5.71. The molecule has 1 aliphatic carbocycles. The maximum Gasteiger partial charge on any atom is 0.0449 e. The van der Waals surface area contributed by atoms with Crippen LogP contribution in [0.25, 0.3) is 0 Å². The van der Waals surface area contributed by atoms with Crippen LogP contribution in [-0.4, -0.2) is 13.1 Å². The van der Waals surface area contributed by atoms with Crippen molar-refractivity contribution in [3.05, 3.63) is 33.3 Å². The quantitative estimate of drug-likeness (QED) is 0.738. The predicted molar refractivity (Wildman–Crippen MR) is 91.4 cm³/mol. The van der Waals surface area contributed by atoms with Crippen molar-refractivity contribution >= 4 is 27.5 Å². The van der Waals surface area contributed by atoms with Crippen LogP contribution in [-0.2, 0) is 6.42 Å². The molecule has 1 fully saturated rings. The van der Waals surface area contributed by atoms with Crippen molar-refractivity contribution in [3.63, 3.8) is 0 Å². The number of hydrogen-bond acceptors (Lipinski definition) is 1. The molecule has 0 aliphatic heterocycles. The molecule has 1 aromatic rings. The highest BCUT2D eigenvalue weighted by molar-refractivity contribution is 9.10. The van der Waals surface area contributed by atoms with Crippen LogP contribution < -0.4 is 5.32 Å². The third kappa shape index (κ3) is 4.22. The van der Waals surface area contributed by atoms with E-state index in [0.717, 1.165) is 27.8 Å². The second-order valence-corrected chi connectivity index (χ2v) is 7.35. The molecule has 1 aromatic carbocycles. The van der Waals surface area contributed by atoms with Crippen LogP contribution in [0.3, 0.4) is 0 Å². The van der Waals surface area contributed by atoms with Gasteiger partial charge in [0.1, 0.15) is 0 Å². The van der Waals surface area contributed by atoms with Crippen molar-refractivity contribution in [3.8, 4) is 0 Å². The Balaban J connectivity index is 1.98. The number of likely N-dealkylation sites (N-methyl/N-ethyl adjacent to an activating group) is 1. The van der Waals surface area contributed by atoms with E-state index in [9.17, 15) is 0 Å². The van der Waals surface area contributed by atoms with Gasteiger partial charge in [0.05, 0.1) is 0 Å². The summed E-state index contributed by atoms with van der Waals surface area (Å²) in [5.74, 6) is 1.75. The predicted octanol–water partition coefficient (Wildman–Crippen LogP) is 5.45. The summed E-state index contributed by atoms with van der Waals surface area (Å²) in [6.07, 6.45) is 7.89. The molecule has 0 amide bonds. The lowest BCUT2D eigenvalue weighted by Gasteiger charge is -2.33. The fourth-order valence-electron chi connectivity index (χ4n) is 3.43. The monoisotopic (exact) mass is 357 g/mol. The smallest absolute Gasteiger partial charge is 0.0449 e. The minimum Gasteiger partial charge on any atom is -0.316 e. The molecular weight excluding hydrogens is 334 g/mol. The van der Waals surface area contributed by atoms with Crippen molar-refractivity contribution in [1.82, 2.24) is 5.32 Å². The largest absolute Gasteiger partial charge is 0.316 e. The van der Waals surface area contributed by atoms with E-state index < -0.39 is 0 Å². The van der Waals surface area contributed by atoms with Crippen LogP contribution in [0.1, 0.15) is 44.6 Å². The standard InChI is InChI=1S/C17H25BrClN/c1-3-12-4-6-13(7-5-12)17(20-2)10-14-8-9-15(18)11-16(14)19/h8-9,11-13,17,20H,3-7,10H2,1-2H3. The van der Waals surface area contributed by atoms with Gasteiger partial charge in [-0.05, 0) is 55.8 Å². The first kappa shape index (κ1) is 16.3. The van der Waals surface area contributed by atoms with E-state index >= 15 is 0 Å². The second kappa shape index (κ2) is 7.82. The van der Waals surface area contributed by atoms with Crippen molar-refractivity contribution in [1.29, 1.82) is 0 Å². The molecule has 0 radical (unpaired) electrons. The summed E-state index contributed by atoms with van der Waals surface area (Å²) in [5, 5.41) is 4.40. The van der Waals surface area contributed by atoms with Gasteiger partial charge in [0.15, 0.2) is 0 Å². The number of hydrogen-bond donors (Lipinski definition) is 1. The van der Waals surface area contributed by atoms with Crippen molar-refractivity contribution in [2.45, 2.75) is 51.5 Å². The Hall–Kier alpha value is -0.0500. The lowest BCUT2D eigenvalue weighted by molar-refractivity contribution is 0.222. The third-order valence-electron chi connectivity index (χ3n) is 4.86. The lowest BCUT2D eigenvalue weighted by atomic mass is 9.76. The molecule has 1 N–H and O–H groups in total. The van der Waals surface area contributed by atoms with Gasteiger partial charge in [0.25, 0.3) is 0 Å². The highest BCUT2D eigenvalue weighted by Crippen LogP contribution is 2.34. The molecule has 3 heteroatoms. The molecule has 0 aromatic heterocycles. The minimum absolute atomic E-state index is 0.548. The van der Waals surface area contributed by atoms with Crippen molar-refractivity contribution in [2.75, 3.05) is 7.05 Å². The van der Waals surface area contributed by atoms with Crippen molar-refractivity contribution < 1.29 is 0 Å². The van der Waals surface area contributed by atoms with Gasteiger partial charge in [-0.25, -0.2) is 0 Å². The summed E-state index contributed by atoms with van der Waals surface area (Å²) in [5.41, 5.74) is 1.26. The normalized spacial score (nSPS) is 24.6. The van der Waals surface area contributed by atoms with Crippen molar-refractivity contribution in [2.24, 2.45) is 11.8 Å². The zero-order valence-corrected chi connectivity index (χ0v) is 14.8. The summed E-state index contributed by atoms with van der Waals surface area (Å²) < 4.78 is 1.05. The Labute approximate surface area is 136 Å². The van der Waals surface area contributed by atoms with E-state index in [2.05, 4.69) is 47.4 Å². The summed E-state index contributed by atoms with van der Waals surface area (Å²) >= 11 is 9.83. The number of rotatable bonds is 5. The molecule has 1 nitrogen and oxygen atoms in total. The Bertz CT molecular complexity index is 427. The number of nitrogens with one attached hydrogen (secondary N) is 1. The molecule has 1 aliphatic rings. The van der Waals surface area contributed by atoms with Gasteiger partial charge in [-0.3, -0.25) is 0 Å². The highest BCUT2D eigenvalue weighted by atomic mass is 79.9. The first-order chi connectivity index (χ1) is 9.63. The van der Waals surface area contributed by atoms with Gasteiger partial charge in [0, 0.05) is 15.5 Å². The van der Waals surface area contributed by atoms with E-state index in [1.807, 2.05) is 6.07 Å². The van der Waals surface area contributed by atoms with E-state index in [0.29, 0.717) is 6.04 Å². The summed E-state index contributed by atoms with van der Waals surface area (Å²) in [6.45, 7) is 2.32. The van der Waals surface area contributed by atoms with Gasteiger partial charge >= 0.3 is 0 Å². The molecule has 112 valence electrons. The molecule has 0 bridgehead atoms. The zero-order valence-electron chi connectivity index (χ0n) is 12.5. The van der Waals surface area contributed by atoms with Crippen LogP contribution >= 0.6 is 27.5 Å². The van der Waals surface area contributed by atoms with E-state index in [4.69, 9.17) is 11.6 Å². The van der Waals surface area contributed by atoms with Gasteiger partial charge in [0.2, 0.25) is 0 Å². The van der Waals surface area contributed by atoms with Crippen LogP contribution in [0.2, 0.25) is 5.02 Å². The minimum atomic E-state index is 0.548. The SMILES string of the molecule is CCC1CCC(C(Cc2ccc(Br)cc2Cl)NC)CC1. The molecule has 0 saturated heterocycles. The van der Waals surface area contributed by atoms with Crippen LogP contribution in [0.4, 0.5) is 0 Å². The molecule has 1 atom stereocenters. The molecule has 1 saturated carbocycles. The maximum absolute atomic E-state index is 6.36. The van der Waals surface area contributed by atoms with Crippen LogP contribution in [0.5, 0.6) is 0 Å². The highest BCUT2D eigenvalue weighted by Gasteiger charge is 2.26. The second-order valence-electron chi connectivity index (χ2n) is 6.02. The number of benzene rings is 1. The van der Waals surface area contributed by atoms with Gasteiger partial charge < -0.3 is 5.32 Å². The Kier molecular flexibility index (Phi) is 6.38. The lowest BCUT2D eigenvalue weighted by Crippen LogP contribution is -2.37. The topological polar surface area (TPSA) is 12.0 Å². The molecular formula is C17H25BrClN. The van der Waals surface area contributed by atoms with E-state index in [1.54, 1.807) is 0 Å².